The number of hydrogen-bond acceptors (Lipinski definition) is 5. The van der Waals surface area contributed by atoms with Gasteiger partial charge >= 0.3 is 0 Å². The maximum Gasteiger partial charge on any atom is 0.273 e. The molecule has 0 spiro atoms. The number of H-pyrrole nitrogens is 1. The number of hydrogen-bond donors (Lipinski definition) is 2. The molecule has 30 heavy (non-hydrogen) atoms. The molecular weight excluding hydrogens is 387 g/mol. The largest absolute Gasteiger partial charge is 0.494 e. The molecule has 0 aliphatic carbocycles. The normalized spacial score (nSPS) is 10.6. The number of benzene rings is 2. The van der Waals surface area contributed by atoms with Gasteiger partial charge < -0.3 is 15.0 Å². The Balaban J connectivity index is 1.55. The van der Waals surface area contributed by atoms with Gasteiger partial charge in [0.25, 0.3) is 5.56 Å². The SMILES string of the molecule is CCCOc1ccc(-c2nnc(CCC(=O)NCc3cccc(F)c3)c(=O)[nH]2)cc1. The second kappa shape index (κ2) is 10.3. The van der Waals surface area contributed by atoms with E-state index in [4.69, 9.17) is 4.74 Å². The van der Waals surface area contributed by atoms with Crippen molar-refractivity contribution >= 4 is 5.91 Å². The van der Waals surface area contributed by atoms with E-state index in [9.17, 15) is 14.0 Å². The van der Waals surface area contributed by atoms with Gasteiger partial charge in [-0.2, -0.15) is 0 Å². The minimum absolute atomic E-state index is 0.0793. The number of aromatic amines is 1. The number of amides is 1. The molecular formula is C22H23FN4O3. The average molecular weight is 410 g/mol. The van der Waals surface area contributed by atoms with Crippen molar-refractivity contribution in [1.29, 1.82) is 0 Å². The monoisotopic (exact) mass is 410 g/mol. The molecule has 156 valence electrons. The summed E-state index contributed by atoms with van der Waals surface area (Å²) in [7, 11) is 0. The van der Waals surface area contributed by atoms with Crippen molar-refractivity contribution in [2.45, 2.75) is 32.7 Å². The molecule has 1 heterocycles. The molecule has 2 aromatic carbocycles. The molecule has 0 bridgehead atoms. The molecule has 3 aromatic rings. The molecule has 3 rings (SSSR count). The molecule has 2 N–H and O–H groups in total. The summed E-state index contributed by atoms with van der Waals surface area (Å²) in [6, 6.07) is 13.2. The van der Waals surface area contributed by atoms with E-state index in [2.05, 4.69) is 20.5 Å². The van der Waals surface area contributed by atoms with Gasteiger partial charge in [0.05, 0.1) is 6.61 Å². The van der Waals surface area contributed by atoms with Crippen molar-refractivity contribution in [2.24, 2.45) is 0 Å². The van der Waals surface area contributed by atoms with Gasteiger partial charge in [-0.25, -0.2) is 4.39 Å². The molecule has 8 heteroatoms. The molecule has 0 atom stereocenters. The molecule has 0 aliphatic heterocycles. The lowest BCUT2D eigenvalue weighted by molar-refractivity contribution is -0.121. The second-order valence-corrected chi connectivity index (χ2v) is 6.73. The van der Waals surface area contributed by atoms with Crippen LogP contribution in [-0.2, 0) is 17.8 Å². The van der Waals surface area contributed by atoms with E-state index < -0.39 is 0 Å². The van der Waals surface area contributed by atoms with E-state index >= 15 is 0 Å². The summed E-state index contributed by atoms with van der Waals surface area (Å²) in [5.41, 5.74) is 1.17. The summed E-state index contributed by atoms with van der Waals surface area (Å²) in [6.45, 7) is 2.89. The summed E-state index contributed by atoms with van der Waals surface area (Å²) < 4.78 is 18.7. The van der Waals surface area contributed by atoms with Gasteiger partial charge in [-0.15, -0.1) is 10.2 Å². The maximum absolute atomic E-state index is 13.2. The molecule has 0 fully saturated rings. The standard InChI is InChI=1S/C22H23FN4O3/c1-2-12-30-18-8-6-16(7-9-18)21-25-22(29)19(26-27-21)10-11-20(28)24-14-15-4-3-5-17(23)13-15/h3-9,13H,2,10-12,14H2,1H3,(H,24,28)(H,25,27,29). The minimum Gasteiger partial charge on any atom is -0.494 e. The van der Waals surface area contributed by atoms with Crippen LogP contribution in [-0.4, -0.2) is 27.7 Å². The van der Waals surface area contributed by atoms with Crippen LogP contribution in [0.1, 0.15) is 31.0 Å². The van der Waals surface area contributed by atoms with Gasteiger partial charge in [-0.05, 0) is 48.4 Å². The molecule has 0 unspecified atom stereocenters. The lowest BCUT2D eigenvalue weighted by atomic mass is 10.2. The summed E-state index contributed by atoms with van der Waals surface area (Å²) in [6.07, 6.45) is 1.15. The fourth-order valence-electron chi connectivity index (χ4n) is 2.75. The van der Waals surface area contributed by atoms with Crippen molar-refractivity contribution in [3.63, 3.8) is 0 Å². The van der Waals surface area contributed by atoms with Crippen LogP contribution in [0.2, 0.25) is 0 Å². The van der Waals surface area contributed by atoms with E-state index in [0.717, 1.165) is 12.2 Å². The van der Waals surface area contributed by atoms with Crippen LogP contribution in [0.25, 0.3) is 11.4 Å². The highest BCUT2D eigenvalue weighted by Gasteiger charge is 2.10. The molecule has 7 nitrogen and oxygen atoms in total. The highest BCUT2D eigenvalue weighted by Crippen LogP contribution is 2.18. The number of aryl methyl sites for hydroxylation is 1. The lowest BCUT2D eigenvalue weighted by Crippen LogP contribution is -2.25. The summed E-state index contributed by atoms with van der Waals surface area (Å²) in [4.78, 5) is 27.0. The smallest absolute Gasteiger partial charge is 0.273 e. The molecule has 0 aliphatic rings. The van der Waals surface area contributed by atoms with Crippen molar-refractivity contribution in [2.75, 3.05) is 6.61 Å². The number of ether oxygens (including phenoxy) is 1. The fourth-order valence-corrected chi connectivity index (χ4v) is 2.75. The first-order valence-electron chi connectivity index (χ1n) is 9.75. The Morgan fingerprint density at radius 1 is 1.17 bits per heavy atom. The first-order chi connectivity index (χ1) is 14.5. The van der Waals surface area contributed by atoms with Gasteiger partial charge in [0.15, 0.2) is 5.82 Å². The molecule has 0 saturated heterocycles. The maximum atomic E-state index is 13.2. The first kappa shape index (κ1) is 21.2. The average Bonchev–Trinajstić information content (AvgIpc) is 2.76. The highest BCUT2D eigenvalue weighted by molar-refractivity contribution is 5.76. The zero-order chi connectivity index (χ0) is 21.3. The number of rotatable bonds is 9. The number of nitrogens with one attached hydrogen (secondary N) is 2. The van der Waals surface area contributed by atoms with Crippen LogP contribution < -0.4 is 15.6 Å². The lowest BCUT2D eigenvalue weighted by Gasteiger charge is -2.06. The van der Waals surface area contributed by atoms with Crippen LogP contribution in [0, 0.1) is 5.82 Å². The highest BCUT2D eigenvalue weighted by atomic mass is 19.1. The molecule has 1 aromatic heterocycles. The van der Waals surface area contributed by atoms with E-state index in [1.54, 1.807) is 24.3 Å². The predicted molar refractivity (Wildman–Crippen MR) is 110 cm³/mol. The van der Waals surface area contributed by atoms with Crippen molar-refractivity contribution < 1.29 is 13.9 Å². The number of aromatic nitrogens is 3. The number of carbonyl (C=O) groups excluding carboxylic acids is 1. The third kappa shape index (κ3) is 5.97. The third-order valence-corrected chi connectivity index (χ3v) is 4.33. The van der Waals surface area contributed by atoms with E-state index in [1.807, 2.05) is 19.1 Å². The Kier molecular flexibility index (Phi) is 7.26. The van der Waals surface area contributed by atoms with Crippen LogP contribution in [0.3, 0.4) is 0 Å². The summed E-state index contributed by atoms with van der Waals surface area (Å²) >= 11 is 0. The molecule has 0 saturated carbocycles. The first-order valence-corrected chi connectivity index (χ1v) is 9.75. The molecule has 1 amide bonds. The van der Waals surface area contributed by atoms with E-state index in [0.29, 0.717) is 23.6 Å². The Bertz CT molecular complexity index is 1050. The van der Waals surface area contributed by atoms with Gasteiger partial charge in [-0.1, -0.05) is 19.1 Å². The van der Waals surface area contributed by atoms with Crippen molar-refractivity contribution in [3.8, 4) is 17.1 Å². The zero-order valence-corrected chi connectivity index (χ0v) is 16.7. The van der Waals surface area contributed by atoms with Crippen LogP contribution >= 0.6 is 0 Å². The summed E-state index contributed by atoms with van der Waals surface area (Å²) in [5.74, 6) is 0.483. The van der Waals surface area contributed by atoms with Crippen LogP contribution in [0.5, 0.6) is 5.75 Å². The second-order valence-electron chi connectivity index (χ2n) is 6.73. The summed E-state index contributed by atoms with van der Waals surface area (Å²) in [5, 5.41) is 10.7. The Morgan fingerprint density at radius 2 is 1.97 bits per heavy atom. The van der Waals surface area contributed by atoms with Crippen LogP contribution in [0.4, 0.5) is 4.39 Å². The number of nitrogens with zero attached hydrogens (tertiary/aromatic N) is 2. The van der Waals surface area contributed by atoms with Crippen LogP contribution in [0.15, 0.2) is 53.3 Å². The van der Waals surface area contributed by atoms with E-state index in [1.165, 1.54) is 12.1 Å². The molecule has 0 radical (unpaired) electrons. The Hall–Kier alpha value is -3.55. The predicted octanol–water partition coefficient (Wildman–Crippen LogP) is 3.01. The van der Waals surface area contributed by atoms with Gasteiger partial charge in [-0.3, -0.25) is 9.59 Å². The van der Waals surface area contributed by atoms with Gasteiger partial charge in [0, 0.05) is 24.9 Å². The van der Waals surface area contributed by atoms with E-state index in [-0.39, 0.29) is 42.4 Å². The minimum atomic E-state index is -0.385. The van der Waals surface area contributed by atoms with Crippen molar-refractivity contribution in [3.05, 3.63) is 76.0 Å². The number of carbonyl (C=O) groups is 1. The Labute approximate surface area is 173 Å². The fraction of sp³-hybridized carbons (Fsp3) is 0.273. The quantitative estimate of drug-likeness (QED) is 0.565. The zero-order valence-electron chi connectivity index (χ0n) is 16.7. The third-order valence-electron chi connectivity index (χ3n) is 4.33. The topological polar surface area (TPSA) is 97.0 Å². The Morgan fingerprint density at radius 3 is 2.67 bits per heavy atom. The van der Waals surface area contributed by atoms with Gasteiger partial charge in [0.1, 0.15) is 17.3 Å². The van der Waals surface area contributed by atoms with Gasteiger partial charge in [0.2, 0.25) is 5.91 Å². The number of halogens is 1. The van der Waals surface area contributed by atoms with Crippen molar-refractivity contribution in [1.82, 2.24) is 20.5 Å².